The highest BCUT2D eigenvalue weighted by Crippen LogP contribution is 2.34. The van der Waals surface area contributed by atoms with Gasteiger partial charge in [0.25, 0.3) is 0 Å². The van der Waals surface area contributed by atoms with E-state index in [9.17, 15) is 5.11 Å². The summed E-state index contributed by atoms with van der Waals surface area (Å²) in [6, 6.07) is 5.37. The van der Waals surface area contributed by atoms with Gasteiger partial charge in [0.05, 0.1) is 13.3 Å². The Morgan fingerprint density at radius 3 is 2.84 bits per heavy atom. The maximum Gasteiger partial charge on any atom is 0.163 e. The first-order chi connectivity index (χ1) is 9.08. The Balaban J connectivity index is 2.48. The maximum atomic E-state index is 10.5. The third-order valence-corrected chi connectivity index (χ3v) is 3.70. The van der Waals surface area contributed by atoms with E-state index in [1.807, 2.05) is 13.0 Å². The van der Waals surface area contributed by atoms with Crippen molar-refractivity contribution in [3.63, 3.8) is 0 Å². The van der Waals surface area contributed by atoms with Crippen molar-refractivity contribution in [2.45, 2.75) is 19.6 Å². The van der Waals surface area contributed by atoms with E-state index >= 15 is 0 Å². The molecule has 6 heteroatoms. The second kappa shape index (κ2) is 5.94. The second-order valence-corrected chi connectivity index (χ2v) is 5.31. The Kier molecular flexibility index (Phi) is 4.50. The zero-order valence-corrected chi connectivity index (χ0v) is 12.9. The van der Waals surface area contributed by atoms with Crippen LogP contribution in [0.1, 0.15) is 24.3 Å². The van der Waals surface area contributed by atoms with E-state index in [1.165, 1.54) is 0 Å². The first-order valence-corrected chi connectivity index (χ1v) is 6.98. The number of ether oxygens (including phenoxy) is 1. The minimum atomic E-state index is -0.877. The lowest BCUT2D eigenvalue weighted by molar-refractivity contribution is 0.202. The van der Waals surface area contributed by atoms with Gasteiger partial charge in [0, 0.05) is 21.6 Å². The lowest BCUT2D eigenvalue weighted by atomic mass is 10.1. The molecule has 0 fully saturated rings. The Bertz CT molecular complexity index is 565. The molecule has 102 valence electrons. The summed E-state index contributed by atoms with van der Waals surface area (Å²) in [5, 5.41) is 15.2. The van der Waals surface area contributed by atoms with Gasteiger partial charge < -0.3 is 9.84 Å². The molecule has 2 rings (SSSR count). The minimum absolute atomic E-state index is 0.493. The Labute approximate surface area is 125 Å². The normalized spacial score (nSPS) is 12.5. The van der Waals surface area contributed by atoms with Gasteiger partial charge in [-0.1, -0.05) is 33.6 Å². The highest BCUT2D eigenvalue weighted by molar-refractivity contribution is 9.10. The first-order valence-electron chi connectivity index (χ1n) is 5.81. The largest absolute Gasteiger partial charge is 0.493 e. The molecule has 0 saturated heterocycles. The third-order valence-electron chi connectivity index (χ3n) is 2.88. The van der Waals surface area contributed by atoms with Gasteiger partial charge in [0.1, 0.15) is 11.8 Å². The number of aryl methyl sites for hydroxylation is 1. The fraction of sp³-hybridized carbons (Fsp3) is 0.308. The molecule has 1 heterocycles. The number of rotatable bonds is 4. The van der Waals surface area contributed by atoms with Crippen LogP contribution in [0.5, 0.6) is 5.75 Å². The standard InChI is InChI=1S/C13H14BrClN2O2/c1-3-17-12(11(19-2)7-16-17)13(18)9-5-4-8(14)6-10(9)15/h4-7,13,18H,3H2,1-2H3. The summed E-state index contributed by atoms with van der Waals surface area (Å²) in [6.45, 7) is 2.59. The van der Waals surface area contributed by atoms with Crippen LogP contribution in [0.25, 0.3) is 0 Å². The van der Waals surface area contributed by atoms with Crippen LogP contribution in [0.4, 0.5) is 0 Å². The number of nitrogens with zero attached hydrogens (tertiary/aromatic N) is 2. The van der Waals surface area contributed by atoms with Crippen molar-refractivity contribution in [2.24, 2.45) is 0 Å². The number of hydrogen-bond acceptors (Lipinski definition) is 3. The van der Waals surface area contributed by atoms with Gasteiger partial charge >= 0.3 is 0 Å². The van der Waals surface area contributed by atoms with Crippen LogP contribution < -0.4 is 4.74 Å². The van der Waals surface area contributed by atoms with Crippen molar-refractivity contribution in [2.75, 3.05) is 7.11 Å². The van der Waals surface area contributed by atoms with Crippen LogP contribution in [0.3, 0.4) is 0 Å². The third kappa shape index (κ3) is 2.78. The molecule has 4 nitrogen and oxygen atoms in total. The molecule has 0 saturated carbocycles. The Morgan fingerprint density at radius 2 is 2.26 bits per heavy atom. The van der Waals surface area contributed by atoms with Crippen molar-refractivity contribution in [1.29, 1.82) is 0 Å². The summed E-state index contributed by atoms with van der Waals surface area (Å²) in [4.78, 5) is 0. The van der Waals surface area contributed by atoms with Gasteiger partial charge in [-0.05, 0) is 19.1 Å². The molecule has 1 N–H and O–H groups in total. The average Bonchev–Trinajstić information content (AvgIpc) is 2.80. The highest BCUT2D eigenvalue weighted by Gasteiger charge is 2.22. The van der Waals surface area contributed by atoms with Crippen LogP contribution in [0, 0.1) is 0 Å². The van der Waals surface area contributed by atoms with Crippen molar-refractivity contribution in [3.8, 4) is 5.75 Å². The van der Waals surface area contributed by atoms with Gasteiger partial charge in [-0.25, -0.2) is 0 Å². The van der Waals surface area contributed by atoms with Crippen LogP contribution in [-0.4, -0.2) is 22.0 Å². The monoisotopic (exact) mass is 344 g/mol. The van der Waals surface area contributed by atoms with Crippen molar-refractivity contribution in [3.05, 3.63) is 45.1 Å². The maximum absolute atomic E-state index is 10.5. The topological polar surface area (TPSA) is 47.3 Å². The number of aliphatic hydroxyl groups excluding tert-OH is 1. The zero-order chi connectivity index (χ0) is 14.0. The van der Waals surface area contributed by atoms with Gasteiger partial charge in [0.2, 0.25) is 0 Å². The van der Waals surface area contributed by atoms with E-state index in [0.717, 1.165) is 4.47 Å². The van der Waals surface area contributed by atoms with Crippen LogP contribution in [-0.2, 0) is 6.54 Å². The van der Waals surface area contributed by atoms with Crippen LogP contribution >= 0.6 is 27.5 Å². The molecule has 2 aromatic rings. The fourth-order valence-electron chi connectivity index (χ4n) is 1.93. The molecular formula is C13H14BrClN2O2. The van der Waals surface area contributed by atoms with Crippen molar-refractivity contribution in [1.82, 2.24) is 9.78 Å². The van der Waals surface area contributed by atoms with E-state index < -0.39 is 6.10 Å². The Morgan fingerprint density at radius 1 is 1.53 bits per heavy atom. The number of methoxy groups -OCH3 is 1. The quantitative estimate of drug-likeness (QED) is 0.924. The molecule has 0 aliphatic rings. The SMILES string of the molecule is CCn1ncc(OC)c1C(O)c1ccc(Br)cc1Cl. The average molecular weight is 346 g/mol. The summed E-state index contributed by atoms with van der Waals surface area (Å²) >= 11 is 9.51. The van der Waals surface area contributed by atoms with Crippen molar-refractivity contribution >= 4 is 27.5 Å². The van der Waals surface area contributed by atoms with Crippen molar-refractivity contribution < 1.29 is 9.84 Å². The second-order valence-electron chi connectivity index (χ2n) is 3.98. The fourth-order valence-corrected chi connectivity index (χ4v) is 2.71. The smallest absolute Gasteiger partial charge is 0.163 e. The number of aromatic nitrogens is 2. The number of hydrogen-bond donors (Lipinski definition) is 1. The number of halogens is 2. The highest BCUT2D eigenvalue weighted by atomic mass is 79.9. The molecule has 0 spiro atoms. The summed E-state index contributed by atoms with van der Waals surface area (Å²) in [5.41, 5.74) is 1.23. The van der Waals surface area contributed by atoms with Crippen LogP contribution in [0.15, 0.2) is 28.9 Å². The van der Waals surface area contributed by atoms with E-state index in [-0.39, 0.29) is 0 Å². The van der Waals surface area contributed by atoms with E-state index in [2.05, 4.69) is 21.0 Å². The molecule has 1 aromatic heterocycles. The zero-order valence-electron chi connectivity index (χ0n) is 10.6. The predicted molar refractivity (Wildman–Crippen MR) is 77.7 cm³/mol. The summed E-state index contributed by atoms with van der Waals surface area (Å²) in [7, 11) is 1.55. The lowest BCUT2D eigenvalue weighted by Gasteiger charge is -2.16. The van der Waals surface area contributed by atoms with Gasteiger partial charge in [0.15, 0.2) is 5.75 Å². The van der Waals surface area contributed by atoms with Crippen LogP contribution in [0.2, 0.25) is 5.02 Å². The summed E-state index contributed by atoms with van der Waals surface area (Å²) in [5.74, 6) is 0.549. The van der Waals surface area contributed by atoms with Gasteiger partial charge in [-0.2, -0.15) is 5.10 Å². The molecular weight excluding hydrogens is 332 g/mol. The molecule has 1 aromatic carbocycles. The molecule has 0 amide bonds. The first kappa shape index (κ1) is 14.4. The molecule has 19 heavy (non-hydrogen) atoms. The summed E-state index contributed by atoms with van der Waals surface area (Å²) < 4.78 is 7.80. The molecule has 0 aliphatic heterocycles. The molecule has 0 aliphatic carbocycles. The van der Waals surface area contributed by atoms with E-state index in [4.69, 9.17) is 16.3 Å². The van der Waals surface area contributed by atoms with E-state index in [1.54, 1.807) is 30.1 Å². The molecule has 0 bridgehead atoms. The lowest BCUT2D eigenvalue weighted by Crippen LogP contribution is -2.10. The minimum Gasteiger partial charge on any atom is -0.493 e. The number of benzene rings is 1. The van der Waals surface area contributed by atoms with E-state index in [0.29, 0.717) is 28.6 Å². The van der Waals surface area contributed by atoms with Gasteiger partial charge in [-0.15, -0.1) is 0 Å². The molecule has 0 radical (unpaired) electrons. The Hall–Kier alpha value is -1.04. The molecule has 1 atom stereocenters. The number of aliphatic hydroxyl groups is 1. The molecule has 1 unspecified atom stereocenters. The van der Waals surface area contributed by atoms with Gasteiger partial charge in [-0.3, -0.25) is 4.68 Å². The predicted octanol–water partition coefficient (Wildman–Crippen LogP) is 3.41. The summed E-state index contributed by atoms with van der Waals surface area (Å²) in [6.07, 6.45) is 0.715.